The van der Waals surface area contributed by atoms with Crippen LogP contribution in [0.3, 0.4) is 0 Å². The first-order valence-electron chi connectivity index (χ1n) is 6.74. The van der Waals surface area contributed by atoms with Crippen molar-refractivity contribution < 1.29 is 14.6 Å². The predicted molar refractivity (Wildman–Crippen MR) is 69.8 cm³/mol. The molecule has 1 N–H and O–H groups in total. The first-order valence-corrected chi connectivity index (χ1v) is 6.74. The van der Waals surface area contributed by atoms with Crippen LogP contribution in [0.25, 0.3) is 0 Å². The van der Waals surface area contributed by atoms with Gasteiger partial charge in [-0.25, -0.2) is 0 Å². The van der Waals surface area contributed by atoms with Crippen LogP contribution < -0.4 is 0 Å². The Morgan fingerprint density at radius 1 is 1.63 bits per heavy atom. The molecular formula is C13H21N3O3. The van der Waals surface area contributed by atoms with E-state index >= 15 is 0 Å². The minimum atomic E-state index is -0.803. The van der Waals surface area contributed by atoms with Crippen molar-refractivity contribution >= 4 is 5.97 Å². The molecule has 1 aromatic heterocycles. The third-order valence-electron chi connectivity index (χ3n) is 3.17. The summed E-state index contributed by atoms with van der Waals surface area (Å²) in [5.41, 5.74) is 1.17. The Labute approximate surface area is 113 Å². The molecule has 6 nitrogen and oxygen atoms in total. The van der Waals surface area contributed by atoms with Crippen LogP contribution in [0, 0.1) is 0 Å². The molecule has 1 aliphatic heterocycles. The van der Waals surface area contributed by atoms with Crippen molar-refractivity contribution in [3.05, 3.63) is 18.0 Å². The van der Waals surface area contributed by atoms with E-state index in [4.69, 9.17) is 9.84 Å². The molecule has 1 aliphatic rings. The molecule has 0 spiro atoms. The Hall–Kier alpha value is -1.40. The van der Waals surface area contributed by atoms with E-state index in [1.54, 1.807) is 0 Å². The first kappa shape index (κ1) is 14.0. The van der Waals surface area contributed by atoms with Crippen LogP contribution >= 0.6 is 0 Å². The number of aromatic nitrogens is 2. The van der Waals surface area contributed by atoms with E-state index in [0.29, 0.717) is 13.2 Å². The summed E-state index contributed by atoms with van der Waals surface area (Å²) >= 11 is 0. The molecule has 1 unspecified atom stereocenters. The van der Waals surface area contributed by atoms with Gasteiger partial charge in [-0.2, -0.15) is 5.10 Å². The van der Waals surface area contributed by atoms with E-state index in [1.807, 2.05) is 10.9 Å². The Morgan fingerprint density at radius 2 is 2.47 bits per heavy atom. The second kappa shape index (κ2) is 6.68. The maximum atomic E-state index is 10.7. The van der Waals surface area contributed by atoms with Gasteiger partial charge in [0.1, 0.15) is 0 Å². The largest absolute Gasteiger partial charge is 0.481 e. The van der Waals surface area contributed by atoms with Gasteiger partial charge in [-0.05, 0) is 6.42 Å². The molecular weight excluding hydrogens is 246 g/mol. The number of nitrogens with zero attached hydrogens (tertiary/aromatic N) is 3. The minimum absolute atomic E-state index is 0.0750. The van der Waals surface area contributed by atoms with E-state index in [-0.39, 0.29) is 12.5 Å². The Kier molecular flexibility index (Phi) is 4.93. The van der Waals surface area contributed by atoms with Gasteiger partial charge in [-0.15, -0.1) is 0 Å². The van der Waals surface area contributed by atoms with Crippen molar-refractivity contribution in [1.82, 2.24) is 14.7 Å². The lowest BCUT2D eigenvalue weighted by atomic mass is 10.2. The van der Waals surface area contributed by atoms with Crippen LogP contribution in [-0.4, -0.2) is 51.6 Å². The van der Waals surface area contributed by atoms with E-state index in [2.05, 4.69) is 23.1 Å². The molecule has 1 saturated heterocycles. The second-order valence-electron chi connectivity index (χ2n) is 4.94. The summed E-state index contributed by atoms with van der Waals surface area (Å²) in [5.74, 6) is -0.803. The number of ether oxygens (including phenoxy) is 1. The zero-order chi connectivity index (χ0) is 13.7. The van der Waals surface area contributed by atoms with Gasteiger partial charge in [0.2, 0.25) is 0 Å². The SMILES string of the molecule is CCCn1cc(CN2CCOC(CC(=O)O)C2)cn1. The molecule has 0 aromatic carbocycles. The fraction of sp³-hybridized carbons (Fsp3) is 0.692. The van der Waals surface area contributed by atoms with Crippen LogP contribution in [0.5, 0.6) is 0 Å². The highest BCUT2D eigenvalue weighted by molar-refractivity contribution is 5.67. The highest BCUT2D eigenvalue weighted by Crippen LogP contribution is 2.12. The molecule has 106 valence electrons. The molecule has 2 rings (SSSR count). The number of hydrogen-bond donors (Lipinski definition) is 1. The molecule has 0 amide bonds. The smallest absolute Gasteiger partial charge is 0.306 e. The van der Waals surface area contributed by atoms with Crippen LogP contribution in [-0.2, 0) is 22.6 Å². The number of rotatable bonds is 6. The number of aryl methyl sites for hydroxylation is 1. The fourth-order valence-electron chi connectivity index (χ4n) is 2.34. The predicted octanol–water partition coefficient (Wildman–Crippen LogP) is 0.969. The lowest BCUT2D eigenvalue weighted by molar-refractivity contribution is -0.142. The van der Waals surface area contributed by atoms with E-state index < -0.39 is 5.97 Å². The quantitative estimate of drug-likeness (QED) is 0.831. The van der Waals surface area contributed by atoms with Crippen LogP contribution in [0.2, 0.25) is 0 Å². The molecule has 0 aliphatic carbocycles. The first-order chi connectivity index (χ1) is 9.17. The number of carboxylic acid groups (broad SMARTS) is 1. The molecule has 1 fully saturated rings. The van der Waals surface area contributed by atoms with E-state index in [1.165, 1.54) is 5.56 Å². The average molecular weight is 267 g/mol. The maximum Gasteiger partial charge on any atom is 0.306 e. The third-order valence-corrected chi connectivity index (χ3v) is 3.17. The molecule has 2 heterocycles. The molecule has 0 bridgehead atoms. The lowest BCUT2D eigenvalue weighted by Gasteiger charge is -2.31. The number of carboxylic acids is 1. The van der Waals surface area contributed by atoms with Gasteiger partial charge in [0.15, 0.2) is 0 Å². The molecule has 6 heteroatoms. The molecule has 19 heavy (non-hydrogen) atoms. The van der Waals surface area contributed by atoms with E-state index in [9.17, 15) is 4.79 Å². The Morgan fingerprint density at radius 3 is 3.21 bits per heavy atom. The third kappa shape index (κ3) is 4.33. The van der Waals surface area contributed by atoms with Crippen LogP contribution in [0.1, 0.15) is 25.3 Å². The van der Waals surface area contributed by atoms with Crippen molar-refractivity contribution in [2.24, 2.45) is 0 Å². The number of hydrogen-bond acceptors (Lipinski definition) is 4. The van der Waals surface area contributed by atoms with Crippen molar-refractivity contribution in [2.75, 3.05) is 19.7 Å². The van der Waals surface area contributed by atoms with Crippen molar-refractivity contribution in [3.8, 4) is 0 Å². The highest BCUT2D eigenvalue weighted by Gasteiger charge is 2.22. The minimum Gasteiger partial charge on any atom is -0.481 e. The summed E-state index contributed by atoms with van der Waals surface area (Å²) in [6, 6.07) is 0. The van der Waals surface area contributed by atoms with Gasteiger partial charge >= 0.3 is 5.97 Å². The molecule has 0 saturated carbocycles. The summed E-state index contributed by atoms with van der Waals surface area (Å²) in [7, 11) is 0. The van der Waals surface area contributed by atoms with Crippen LogP contribution in [0.4, 0.5) is 0 Å². The maximum absolute atomic E-state index is 10.7. The fourth-order valence-corrected chi connectivity index (χ4v) is 2.34. The summed E-state index contributed by atoms with van der Waals surface area (Å²) in [6.07, 6.45) is 4.89. The van der Waals surface area contributed by atoms with Crippen molar-refractivity contribution in [1.29, 1.82) is 0 Å². The number of carbonyl (C=O) groups is 1. The van der Waals surface area contributed by atoms with E-state index in [0.717, 1.165) is 26.1 Å². The topological polar surface area (TPSA) is 67.6 Å². The summed E-state index contributed by atoms with van der Waals surface area (Å²) in [5, 5.41) is 13.1. The lowest BCUT2D eigenvalue weighted by Crippen LogP contribution is -2.42. The summed E-state index contributed by atoms with van der Waals surface area (Å²) in [6.45, 7) is 5.98. The van der Waals surface area contributed by atoms with Crippen molar-refractivity contribution in [3.63, 3.8) is 0 Å². The van der Waals surface area contributed by atoms with Crippen LogP contribution in [0.15, 0.2) is 12.4 Å². The summed E-state index contributed by atoms with van der Waals surface area (Å²) < 4.78 is 7.41. The zero-order valence-electron chi connectivity index (χ0n) is 11.3. The number of aliphatic carboxylic acids is 1. The van der Waals surface area contributed by atoms with Gasteiger partial charge in [0.25, 0.3) is 0 Å². The van der Waals surface area contributed by atoms with Gasteiger partial charge in [0, 0.05) is 37.9 Å². The second-order valence-corrected chi connectivity index (χ2v) is 4.94. The monoisotopic (exact) mass is 267 g/mol. The van der Waals surface area contributed by atoms with Gasteiger partial charge < -0.3 is 9.84 Å². The molecule has 1 aromatic rings. The molecule has 1 atom stereocenters. The highest BCUT2D eigenvalue weighted by atomic mass is 16.5. The normalized spacial score (nSPS) is 20.6. The average Bonchev–Trinajstić information content (AvgIpc) is 2.76. The number of morpholine rings is 1. The summed E-state index contributed by atoms with van der Waals surface area (Å²) in [4.78, 5) is 12.9. The van der Waals surface area contributed by atoms with Gasteiger partial charge in [-0.3, -0.25) is 14.4 Å². The Balaban J connectivity index is 1.85. The zero-order valence-corrected chi connectivity index (χ0v) is 11.3. The van der Waals surface area contributed by atoms with Gasteiger partial charge in [-0.1, -0.05) is 6.92 Å². The standard InChI is InChI=1S/C13H21N3O3/c1-2-3-16-9-11(7-14-16)8-15-4-5-19-12(10-15)6-13(17)18/h7,9,12H,2-6,8,10H2,1H3,(H,17,18). The van der Waals surface area contributed by atoms with Gasteiger partial charge in [0.05, 0.1) is 25.3 Å². The Bertz CT molecular complexity index is 419. The molecule has 0 radical (unpaired) electrons. The van der Waals surface area contributed by atoms with Crippen molar-refractivity contribution in [2.45, 2.75) is 39.0 Å².